The van der Waals surface area contributed by atoms with E-state index in [1.807, 2.05) is 46.8 Å². The van der Waals surface area contributed by atoms with Gasteiger partial charge in [0.25, 0.3) is 0 Å². The molecule has 7 heteroatoms. The molecule has 0 bridgehead atoms. The van der Waals surface area contributed by atoms with Gasteiger partial charge in [0, 0.05) is 10.9 Å². The number of hydrogen-bond donors (Lipinski definition) is 1. The maximum atomic E-state index is 12.1. The van der Waals surface area contributed by atoms with Crippen LogP contribution in [0, 0.1) is 6.92 Å². The van der Waals surface area contributed by atoms with Crippen LogP contribution in [0.15, 0.2) is 22.7 Å². The van der Waals surface area contributed by atoms with Crippen LogP contribution in [0.5, 0.6) is 0 Å². The molecule has 2 heterocycles. The van der Waals surface area contributed by atoms with E-state index in [0.717, 1.165) is 16.5 Å². The highest BCUT2D eigenvalue weighted by molar-refractivity contribution is 6.35. The van der Waals surface area contributed by atoms with Crippen molar-refractivity contribution in [1.82, 2.24) is 15.5 Å². The Hall–Kier alpha value is -2.34. The van der Waals surface area contributed by atoms with Gasteiger partial charge >= 0.3 is 6.09 Å². The van der Waals surface area contributed by atoms with Gasteiger partial charge in [0.1, 0.15) is 21.7 Å². The van der Waals surface area contributed by atoms with Crippen LogP contribution in [-0.4, -0.2) is 21.9 Å². The monoisotopic (exact) mass is 361 g/mol. The SMILES string of the molecule is Cc1cc([C@@H](C)NC(=O)OC(C)(C)C)c2oc3c(Cl)cnnc3c2c1. The van der Waals surface area contributed by atoms with Gasteiger partial charge < -0.3 is 14.5 Å². The summed E-state index contributed by atoms with van der Waals surface area (Å²) in [5, 5.41) is 12.1. The molecule has 1 amide bonds. The normalized spacial score (nSPS) is 13.2. The van der Waals surface area contributed by atoms with Crippen molar-refractivity contribution in [2.24, 2.45) is 0 Å². The number of carbonyl (C=O) groups excluding carboxylic acids is 1. The lowest BCUT2D eigenvalue weighted by Gasteiger charge is -2.22. The van der Waals surface area contributed by atoms with Gasteiger partial charge in [0.05, 0.1) is 12.2 Å². The zero-order valence-corrected chi connectivity index (χ0v) is 15.6. The molecule has 6 nitrogen and oxygen atoms in total. The molecule has 1 N–H and O–H groups in total. The lowest BCUT2D eigenvalue weighted by Crippen LogP contribution is -2.34. The second kappa shape index (κ2) is 6.19. The summed E-state index contributed by atoms with van der Waals surface area (Å²) in [6, 6.07) is 3.62. The molecule has 1 aromatic carbocycles. The number of halogens is 1. The van der Waals surface area contributed by atoms with Gasteiger partial charge in [-0.3, -0.25) is 0 Å². The third-order valence-electron chi connectivity index (χ3n) is 3.68. The molecule has 132 valence electrons. The molecule has 0 saturated carbocycles. The Bertz CT molecular complexity index is 959. The van der Waals surface area contributed by atoms with Crippen molar-refractivity contribution in [3.05, 3.63) is 34.5 Å². The predicted octanol–water partition coefficient (Wildman–Crippen LogP) is 4.92. The Morgan fingerprint density at radius 3 is 2.72 bits per heavy atom. The number of aromatic nitrogens is 2. The number of hydrogen-bond acceptors (Lipinski definition) is 5. The largest absolute Gasteiger partial charge is 0.452 e. The topological polar surface area (TPSA) is 77.2 Å². The Morgan fingerprint density at radius 2 is 2.04 bits per heavy atom. The summed E-state index contributed by atoms with van der Waals surface area (Å²) in [5.74, 6) is 0. The maximum absolute atomic E-state index is 12.1. The summed E-state index contributed by atoms with van der Waals surface area (Å²) in [7, 11) is 0. The van der Waals surface area contributed by atoms with Crippen LogP contribution in [0.25, 0.3) is 22.1 Å². The Kier molecular flexibility index (Phi) is 4.33. The highest BCUT2D eigenvalue weighted by atomic mass is 35.5. The molecule has 0 spiro atoms. The first-order valence-electron chi connectivity index (χ1n) is 7.99. The minimum atomic E-state index is -0.561. The van der Waals surface area contributed by atoms with Crippen LogP contribution in [-0.2, 0) is 4.74 Å². The van der Waals surface area contributed by atoms with Gasteiger partial charge in [-0.1, -0.05) is 17.7 Å². The fraction of sp³-hybridized carbons (Fsp3) is 0.389. The molecule has 2 aromatic heterocycles. The van der Waals surface area contributed by atoms with Crippen molar-refractivity contribution in [1.29, 1.82) is 0 Å². The molecule has 1 atom stereocenters. The summed E-state index contributed by atoms with van der Waals surface area (Å²) in [6.07, 6.45) is 0.963. The van der Waals surface area contributed by atoms with E-state index >= 15 is 0 Å². The van der Waals surface area contributed by atoms with Crippen LogP contribution in [0.4, 0.5) is 4.79 Å². The molecule has 0 radical (unpaired) electrons. The number of alkyl carbamates (subject to hydrolysis) is 1. The van der Waals surface area contributed by atoms with Crippen molar-refractivity contribution >= 4 is 39.8 Å². The summed E-state index contributed by atoms with van der Waals surface area (Å²) < 4.78 is 11.3. The van der Waals surface area contributed by atoms with E-state index in [2.05, 4.69) is 15.5 Å². The predicted molar refractivity (Wildman–Crippen MR) is 96.8 cm³/mol. The van der Waals surface area contributed by atoms with Crippen molar-refractivity contribution in [3.63, 3.8) is 0 Å². The second-order valence-corrected chi connectivity index (χ2v) is 7.48. The van der Waals surface area contributed by atoms with Gasteiger partial charge in [-0.2, -0.15) is 5.10 Å². The molecule has 0 aliphatic carbocycles. The van der Waals surface area contributed by atoms with Gasteiger partial charge in [-0.25, -0.2) is 4.79 Å². The standard InChI is InChI=1S/C18H20ClN3O3/c1-9-6-11(10(2)21-17(23)25-18(3,4)5)15-12(7-9)14-16(24-15)13(19)8-20-22-14/h6-8,10H,1-5H3,(H,21,23)/t10-/m1/s1. The first-order chi connectivity index (χ1) is 11.7. The number of rotatable bonds is 2. The lowest BCUT2D eigenvalue weighted by molar-refractivity contribution is 0.0508. The van der Waals surface area contributed by atoms with Crippen molar-refractivity contribution in [2.45, 2.75) is 46.3 Å². The molecule has 0 fully saturated rings. The quantitative estimate of drug-likeness (QED) is 0.700. The first kappa shape index (κ1) is 17.5. The second-order valence-electron chi connectivity index (χ2n) is 7.07. The van der Waals surface area contributed by atoms with E-state index in [9.17, 15) is 4.79 Å². The van der Waals surface area contributed by atoms with Crippen LogP contribution < -0.4 is 5.32 Å². The zero-order valence-electron chi connectivity index (χ0n) is 14.8. The van der Waals surface area contributed by atoms with Crippen LogP contribution in [0.3, 0.4) is 0 Å². The van der Waals surface area contributed by atoms with Gasteiger partial charge in [-0.05, 0) is 46.2 Å². The summed E-state index contributed by atoms with van der Waals surface area (Å²) in [6.45, 7) is 9.31. The minimum Gasteiger partial charge on any atom is -0.452 e. The number of aryl methyl sites for hydroxylation is 1. The van der Waals surface area contributed by atoms with Gasteiger partial charge in [0.15, 0.2) is 5.58 Å². The average Bonchev–Trinajstić information content (AvgIpc) is 2.84. The number of carbonyl (C=O) groups is 1. The number of nitrogens with one attached hydrogen (secondary N) is 1. The third kappa shape index (κ3) is 3.54. The maximum Gasteiger partial charge on any atom is 0.408 e. The van der Waals surface area contributed by atoms with Crippen molar-refractivity contribution in [2.75, 3.05) is 0 Å². The fourth-order valence-electron chi connectivity index (χ4n) is 2.70. The van der Waals surface area contributed by atoms with E-state index in [1.165, 1.54) is 6.20 Å². The number of amides is 1. The lowest BCUT2D eigenvalue weighted by atomic mass is 10.0. The number of nitrogens with zero attached hydrogens (tertiary/aromatic N) is 2. The van der Waals surface area contributed by atoms with Gasteiger partial charge in [0.2, 0.25) is 0 Å². The number of fused-ring (bicyclic) bond motifs is 3. The molecule has 0 unspecified atom stereocenters. The van der Waals surface area contributed by atoms with E-state index in [1.54, 1.807) is 0 Å². The highest BCUT2D eigenvalue weighted by Gasteiger charge is 2.22. The Morgan fingerprint density at radius 1 is 1.32 bits per heavy atom. The number of ether oxygens (including phenoxy) is 1. The molecule has 0 saturated heterocycles. The summed E-state index contributed by atoms with van der Waals surface area (Å²) in [5.41, 5.74) is 3.01. The first-order valence-corrected chi connectivity index (χ1v) is 8.37. The van der Waals surface area contributed by atoms with Crippen LogP contribution in [0.1, 0.15) is 44.9 Å². The van der Waals surface area contributed by atoms with E-state index in [-0.39, 0.29) is 6.04 Å². The molecule has 3 rings (SSSR count). The minimum absolute atomic E-state index is 0.315. The van der Waals surface area contributed by atoms with Crippen LogP contribution in [0.2, 0.25) is 5.02 Å². The third-order valence-corrected chi connectivity index (χ3v) is 3.95. The summed E-state index contributed by atoms with van der Waals surface area (Å²) in [4.78, 5) is 12.1. The molecule has 0 aliphatic rings. The number of furan rings is 1. The number of benzene rings is 1. The smallest absolute Gasteiger partial charge is 0.408 e. The van der Waals surface area contributed by atoms with E-state index in [0.29, 0.717) is 21.7 Å². The fourth-order valence-corrected chi connectivity index (χ4v) is 2.88. The van der Waals surface area contributed by atoms with Gasteiger partial charge in [-0.15, -0.1) is 5.10 Å². The van der Waals surface area contributed by atoms with E-state index in [4.69, 9.17) is 20.8 Å². The Labute approximate surface area is 150 Å². The van der Waals surface area contributed by atoms with Crippen molar-refractivity contribution < 1.29 is 13.9 Å². The zero-order chi connectivity index (χ0) is 18.4. The van der Waals surface area contributed by atoms with Crippen molar-refractivity contribution in [3.8, 4) is 0 Å². The summed E-state index contributed by atoms with van der Waals surface area (Å²) >= 11 is 6.17. The van der Waals surface area contributed by atoms with Crippen LogP contribution >= 0.6 is 11.6 Å². The molecule has 0 aliphatic heterocycles. The highest BCUT2D eigenvalue weighted by Crippen LogP contribution is 2.35. The molecule has 3 aromatic rings. The molecular formula is C18H20ClN3O3. The Balaban J connectivity index is 2.05. The average molecular weight is 362 g/mol. The molecular weight excluding hydrogens is 342 g/mol. The molecule has 25 heavy (non-hydrogen) atoms. The van der Waals surface area contributed by atoms with E-state index < -0.39 is 11.7 Å².